The number of sulfonamides is 2. The second-order valence-corrected chi connectivity index (χ2v) is 21.6. The molecule has 2 aliphatic heterocycles. The molecule has 0 bridgehead atoms. The molecule has 2 aliphatic rings. The molecule has 0 radical (unpaired) electrons. The van der Waals surface area contributed by atoms with Gasteiger partial charge >= 0.3 is 23.9 Å². The van der Waals surface area contributed by atoms with E-state index in [0.29, 0.717) is 48.3 Å². The molecule has 0 aliphatic carbocycles. The Hall–Kier alpha value is -7.66. The lowest BCUT2D eigenvalue weighted by Gasteiger charge is -2.25. The van der Waals surface area contributed by atoms with Crippen LogP contribution in [0.15, 0.2) is 137 Å². The SMILES string of the molecule is Cc1ccc(S(=O)(=O)N2CCC[C@H]2C(=O)N[C@@H](Cc2ccc(OCC(=O)O)cc2)C(=O)O)cc1.Cc1ccc(S(=O)(=O)N2CCC[C@H]2C(=O)N[C@@H](Cc2ccc(OCC(=O)OCc3ccccc3)cc2)C(=O)O)cc1. The van der Waals surface area contributed by atoms with Gasteiger partial charge in [0.1, 0.15) is 42.3 Å². The van der Waals surface area contributed by atoms with Crippen LogP contribution in [0, 0.1) is 13.8 Å². The van der Waals surface area contributed by atoms with E-state index in [0.717, 1.165) is 25.3 Å². The molecular weight excluding hydrogens is 1010 g/mol. The first-order valence-electron chi connectivity index (χ1n) is 23.8. The normalized spacial score (nSPS) is 16.6. The predicted octanol–water partition coefficient (Wildman–Crippen LogP) is 4.51. The second kappa shape index (κ2) is 26.0. The van der Waals surface area contributed by atoms with E-state index in [1.165, 1.54) is 36.4 Å². The van der Waals surface area contributed by atoms with Crippen LogP contribution in [0.2, 0.25) is 0 Å². The van der Waals surface area contributed by atoms with E-state index in [-0.39, 0.29) is 48.9 Å². The molecule has 75 heavy (non-hydrogen) atoms. The van der Waals surface area contributed by atoms with Crippen LogP contribution < -0.4 is 20.1 Å². The van der Waals surface area contributed by atoms with Gasteiger partial charge in [-0.15, -0.1) is 0 Å². The number of hydrogen-bond donors (Lipinski definition) is 5. The predicted molar refractivity (Wildman–Crippen MR) is 270 cm³/mol. The third kappa shape index (κ3) is 15.9. The molecule has 4 atom stereocenters. The van der Waals surface area contributed by atoms with Crippen LogP contribution in [0.5, 0.6) is 11.5 Å². The number of ether oxygens (including phenoxy) is 3. The summed E-state index contributed by atoms with van der Waals surface area (Å²) in [6.45, 7) is 3.38. The Kier molecular flexibility index (Phi) is 19.6. The highest BCUT2D eigenvalue weighted by Crippen LogP contribution is 2.29. The van der Waals surface area contributed by atoms with Gasteiger partial charge in [0.15, 0.2) is 13.2 Å². The topological polar surface area (TPSA) is 290 Å². The zero-order chi connectivity index (χ0) is 54.3. The zero-order valence-corrected chi connectivity index (χ0v) is 42.7. The number of carbonyl (C=O) groups is 6. The Morgan fingerprint density at radius 3 is 1.33 bits per heavy atom. The van der Waals surface area contributed by atoms with E-state index in [1.807, 2.05) is 44.2 Å². The van der Waals surface area contributed by atoms with Crippen molar-refractivity contribution in [1.29, 1.82) is 0 Å². The Morgan fingerprint density at radius 2 is 0.947 bits per heavy atom. The van der Waals surface area contributed by atoms with Gasteiger partial charge in [-0.1, -0.05) is 90.0 Å². The molecule has 2 saturated heterocycles. The number of aliphatic carboxylic acids is 3. The molecule has 0 saturated carbocycles. The first-order valence-corrected chi connectivity index (χ1v) is 26.7. The van der Waals surface area contributed by atoms with Crippen molar-refractivity contribution in [3.05, 3.63) is 155 Å². The highest BCUT2D eigenvalue weighted by atomic mass is 32.2. The third-order valence-electron chi connectivity index (χ3n) is 12.2. The van der Waals surface area contributed by atoms with Gasteiger partial charge in [0, 0.05) is 25.9 Å². The highest BCUT2D eigenvalue weighted by molar-refractivity contribution is 7.89. The molecule has 0 aromatic heterocycles. The van der Waals surface area contributed by atoms with Crippen LogP contribution in [0.25, 0.3) is 0 Å². The molecule has 398 valence electrons. The molecular formula is C53H58N4O16S2. The molecule has 2 heterocycles. The fourth-order valence-corrected chi connectivity index (χ4v) is 11.5. The smallest absolute Gasteiger partial charge is 0.344 e. The Bertz CT molecular complexity index is 3010. The van der Waals surface area contributed by atoms with Crippen LogP contribution in [0.3, 0.4) is 0 Å². The average Bonchev–Trinajstić information content (AvgIpc) is 4.11. The molecule has 0 unspecified atom stereocenters. The van der Waals surface area contributed by atoms with Crippen LogP contribution in [-0.4, -0.2) is 127 Å². The molecule has 5 aromatic rings. The van der Waals surface area contributed by atoms with Gasteiger partial charge in [0.2, 0.25) is 31.9 Å². The van der Waals surface area contributed by atoms with Crippen molar-refractivity contribution in [2.75, 3.05) is 26.3 Å². The first-order chi connectivity index (χ1) is 35.7. The van der Waals surface area contributed by atoms with Crippen LogP contribution in [0.4, 0.5) is 0 Å². The molecule has 2 fully saturated rings. The summed E-state index contributed by atoms with van der Waals surface area (Å²) >= 11 is 0. The lowest BCUT2D eigenvalue weighted by Crippen LogP contribution is -2.51. The number of amides is 2. The van der Waals surface area contributed by atoms with Gasteiger partial charge in [0.25, 0.3) is 0 Å². The maximum Gasteiger partial charge on any atom is 0.344 e. The van der Waals surface area contributed by atoms with Gasteiger partial charge in [-0.3, -0.25) is 9.59 Å². The number of nitrogens with zero attached hydrogens (tertiary/aromatic N) is 2. The van der Waals surface area contributed by atoms with Crippen LogP contribution >= 0.6 is 0 Å². The quantitative estimate of drug-likeness (QED) is 0.0596. The van der Waals surface area contributed by atoms with Gasteiger partial charge < -0.3 is 40.2 Å². The van der Waals surface area contributed by atoms with Crippen molar-refractivity contribution >= 4 is 55.7 Å². The fraction of sp³-hybridized carbons (Fsp3) is 0.321. The summed E-state index contributed by atoms with van der Waals surface area (Å²) in [4.78, 5) is 72.5. The average molecular weight is 1070 g/mol. The zero-order valence-electron chi connectivity index (χ0n) is 41.1. The minimum absolute atomic E-state index is 0.0299. The molecule has 22 heteroatoms. The molecule has 7 rings (SSSR count). The van der Waals surface area contributed by atoms with Gasteiger partial charge in [0.05, 0.1) is 9.79 Å². The largest absolute Gasteiger partial charge is 0.482 e. The van der Waals surface area contributed by atoms with Gasteiger partial charge in [-0.05, 0) is 105 Å². The lowest BCUT2D eigenvalue weighted by molar-refractivity contribution is -0.147. The van der Waals surface area contributed by atoms with Crippen molar-refractivity contribution < 1.29 is 75.1 Å². The maximum atomic E-state index is 13.2. The number of carboxylic acid groups (broad SMARTS) is 3. The number of aryl methyl sites for hydroxylation is 2. The molecule has 5 aromatic carbocycles. The van der Waals surface area contributed by atoms with E-state index in [4.69, 9.17) is 19.3 Å². The summed E-state index contributed by atoms with van der Waals surface area (Å²) < 4.78 is 70.5. The summed E-state index contributed by atoms with van der Waals surface area (Å²) in [7, 11) is -7.83. The van der Waals surface area contributed by atoms with Gasteiger partial charge in [-0.25, -0.2) is 36.0 Å². The lowest BCUT2D eigenvalue weighted by atomic mass is 10.1. The molecule has 5 N–H and O–H groups in total. The number of benzene rings is 5. The maximum absolute atomic E-state index is 13.2. The minimum Gasteiger partial charge on any atom is -0.482 e. The number of nitrogens with one attached hydrogen (secondary N) is 2. The number of carbonyl (C=O) groups excluding carboxylic acids is 3. The highest BCUT2D eigenvalue weighted by Gasteiger charge is 2.42. The monoisotopic (exact) mass is 1070 g/mol. The van der Waals surface area contributed by atoms with E-state index >= 15 is 0 Å². The Morgan fingerprint density at radius 1 is 0.547 bits per heavy atom. The van der Waals surface area contributed by atoms with Crippen LogP contribution in [0.1, 0.15) is 53.5 Å². The van der Waals surface area contributed by atoms with E-state index in [2.05, 4.69) is 10.6 Å². The van der Waals surface area contributed by atoms with Gasteiger partial charge in [-0.2, -0.15) is 8.61 Å². The number of carboxylic acids is 3. The Balaban J connectivity index is 0.000000248. The van der Waals surface area contributed by atoms with Crippen molar-refractivity contribution in [2.45, 2.75) is 92.9 Å². The number of esters is 1. The number of rotatable bonds is 22. The van der Waals surface area contributed by atoms with Crippen LogP contribution in [-0.2, 0) is 73.0 Å². The molecule has 20 nitrogen and oxygen atoms in total. The van der Waals surface area contributed by atoms with Crippen molar-refractivity contribution in [2.24, 2.45) is 0 Å². The van der Waals surface area contributed by atoms with Crippen molar-refractivity contribution in [1.82, 2.24) is 19.2 Å². The fourth-order valence-electron chi connectivity index (χ4n) is 8.19. The van der Waals surface area contributed by atoms with E-state index < -0.39 is 86.5 Å². The van der Waals surface area contributed by atoms with Crippen molar-refractivity contribution in [3.8, 4) is 11.5 Å². The van der Waals surface area contributed by atoms with E-state index in [1.54, 1.807) is 60.7 Å². The summed E-state index contributed by atoms with van der Waals surface area (Å²) in [6, 6.07) is 30.0. The summed E-state index contributed by atoms with van der Waals surface area (Å²) in [5, 5.41) is 33.0. The summed E-state index contributed by atoms with van der Waals surface area (Å²) in [5.41, 5.74) is 3.85. The number of hydrogen-bond acceptors (Lipinski definition) is 13. The molecule has 0 spiro atoms. The standard InChI is InChI=1S/C30H32N2O8S.C23H26N2O8S/c1-21-9-15-25(16-10-21)41(37,38)32-17-5-8-27(32)29(34)31-26(30(35)36)18-22-11-13-24(14-12-22)39-20-28(33)40-19-23-6-3-2-4-7-23;1-15-4-10-18(11-5-15)34(31,32)25-12-2-3-20(25)22(28)24-19(23(29)30)13-16-6-8-17(9-7-16)33-14-21(26)27/h2-4,6-7,9-16,26-27H,5,8,17-20H2,1H3,(H,31,34)(H,35,36);4-11,19-20H,2-3,12-14H2,1H3,(H,24,28)(H,26,27)(H,29,30)/t26-,27-;19-,20-/m00/s1. The van der Waals surface area contributed by atoms with E-state index in [9.17, 15) is 55.8 Å². The minimum atomic E-state index is -3.92. The second-order valence-electron chi connectivity index (χ2n) is 17.8. The summed E-state index contributed by atoms with van der Waals surface area (Å²) in [5.74, 6) is -4.77. The molecule has 2 amide bonds. The van der Waals surface area contributed by atoms with Crippen molar-refractivity contribution in [3.63, 3.8) is 0 Å². The Labute approximate surface area is 434 Å². The third-order valence-corrected chi connectivity index (χ3v) is 16.0. The first kappa shape index (κ1) is 56.6. The summed E-state index contributed by atoms with van der Waals surface area (Å²) in [6.07, 6.45) is 1.48.